The number of sulfonamides is 1. The standard InChI is InChI=1S/C24H21FN4O5S/c1-14-13-19(11-12-20(14)25)35(33,34)29-18-7-3-15(4-8-18)21(30)26-17-9-5-16(6-10-17)24(2)22(31)27-23(32)28-24/h3-13,29H,1-2H3,(H,26,30)(H2,27,28,31,32). The molecule has 4 N–H and O–H groups in total. The van der Waals surface area contributed by atoms with Gasteiger partial charge in [0.15, 0.2) is 0 Å². The molecule has 1 fully saturated rings. The molecule has 0 spiro atoms. The molecular formula is C24H21FN4O5S. The van der Waals surface area contributed by atoms with Crippen LogP contribution in [0.25, 0.3) is 0 Å². The molecule has 180 valence electrons. The van der Waals surface area contributed by atoms with Gasteiger partial charge < -0.3 is 10.6 Å². The van der Waals surface area contributed by atoms with Crippen molar-refractivity contribution in [1.82, 2.24) is 10.6 Å². The summed E-state index contributed by atoms with van der Waals surface area (Å²) in [6, 6.07) is 15.1. The Morgan fingerprint density at radius 3 is 2.14 bits per heavy atom. The number of halogens is 1. The Labute approximate surface area is 200 Å². The maximum atomic E-state index is 13.4. The van der Waals surface area contributed by atoms with Gasteiger partial charge in [0.05, 0.1) is 4.90 Å². The highest BCUT2D eigenvalue weighted by Crippen LogP contribution is 2.26. The maximum absolute atomic E-state index is 13.4. The maximum Gasteiger partial charge on any atom is 0.322 e. The number of urea groups is 1. The molecule has 1 aliphatic rings. The largest absolute Gasteiger partial charge is 0.322 e. The molecule has 4 amide bonds. The summed E-state index contributed by atoms with van der Waals surface area (Å²) < 4.78 is 40.9. The number of imide groups is 1. The van der Waals surface area contributed by atoms with Crippen LogP contribution in [0.3, 0.4) is 0 Å². The second-order valence-corrected chi connectivity index (χ2v) is 9.84. The Hall–Kier alpha value is -4.25. The predicted octanol–water partition coefficient (Wildman–Crippen LogP) is 3.24. The number of nitrogens with one attached hydrogen (secondary N) is 4. The van der Waals surface area contributed by atoms with Crippen LogP contribution in [-0.2, 0) is 20.4 Å². The van der Waals surface area contributed by atoms with Gasteiger partial charge in [-0.25, -0.2) is 17.6 Å². The first-order valence-corrected chi connectivity index (χ1v) is 11.9. The number of rotatable bonds is 6. The first-order valence-electron chi connectivity index (χ1n) is 10.4. The van der Waals surface area contributed by atoms with Gasteiger partial charge in [-0.15, -0.1) is 0 Å². The van der Waals surface area contributed by atoms with E-state index in [2.05, 4.69) is 20.7 Å². The van der Waals surface area contributed by atoms with Gasteiger partial charge in [-0.1, -0.05) is 12.1 Å². The van der Waals surface area contributed by atoms with Crippen LogP contribution in [0.1, 0.15) is 28.4 Å². The van der Waals surface area contributed by atoms with Gasteiger partial charge in [0.25, 0.3) is 21.8 Å². The van der Waals surface area contributed by atoms with Crippen molar-refractivity contribution in [3.63, 3.8) is 0 Å². The Kier molecular flexibility index (Phi) is 6.03. The van der Waals surface area contributed by atoms with E-state index in [1.165, 1.54) is 43.3 Å². The highest BCUT2D eigenvalue weighted by atomic mass is 32.2. The fourth-order valence-corrected chi connectivity index (χ4v) is 4.67. The van der Waals surface area contributed by atoms with E-state index in [4.69, 9.17) is 0 Å². The smallest absolute Gasteiger partial charge is 0.322 e. The van der Waals surface area contributed by atoms with Crippen LogP contribution in [0.2, 0.25) is 0 Å². The van der Waals surface area contributed by atoms with Gasteiger partial charge in [0.2, 0.25) is 0 Å². The molecule has 35 heavy (non-hydrogen) atoms. The summed E-state index contributed by atoms with van der Waals surface area (Å²) in [7, 11) is -3.93. The molecule has 4 rings (SSSR count). The molecule has 11 heteroatoms. The van der Waals surface area contributed by atoms with E-state index in [0.29, 0.717) is 11.3 Å². The Morgan fingerprint density at radius 1 is 0.943 bits per heavy atom. The van der Waals surface area contributed by atoms with E-state index < -0.39 is 39.2 Å². The number of aryl methyl sites for hydroxylation is 1. The van der Waals surface area contributed by atoms with Crippen LogP contribution < -0.4 is 20.7 Å². The van der Waals surface area contributed by atoms with Gasteiger partial charge in [0, 0.05) is 16.9 Å². The highest BCUT2D eigenvalue weighted by Gasteiger charge is 2.43. The van der Waals surface area contributed by atoms with E-state index >= 15 is 0 Å². The average Bonchev–Trinajstić information content (AvgIpc) is 3.08. The highest BCUT2D eigenvalue weighted by molar-refractivity contribution is 7.92. The SMILES string of the molecule is Cc1cc(S(=O)(=O)Nc2ccc(C(=O)Nc3ccc(C4(C)NC(=O)NC4=O)cc3)cc2)ccc1F. The summed E-state index contributed by atoms with van der Waals surface area (Å²) in [5.41, 5.74) is 0.533. The molecule has 0 bridgehead atoms. The van der Waals surface area contributed by atoms with Gasteiger partial charge in [0.1, 0.15) is 11.4 Å². The molecule has 3 aromatic rings. The van der Waals surface area contributed by atoms with Crippen LogP contribution in [-0.4, -0.2) is 26.3 Å². The average molecular weight is 497 g/mol. The summed E-state index contributed by atoms with van der Waals surface area (Å²) in [4.78, 5) is 36.0. The second kappa shape index (κ2) is 8.84. The van der Waals surface area contributed by atoms with Crippen molar-refractivity contribution in [1.29, 1.82) is 0 Å². The monoisotopic (exact) mass is 496 g/mol. The normalized spacial score (nSPS) is 17.5. The van der Waals surface area contributed by atoms with Gasteiger partial charge in [-0.3, -0.25) is 19.6 Å². The van der Waals surface area contributed by atoms with E-state index in [1.807, 2.05) is 0 Å². The van der Waals surface area contributed by atoms with Crippen molar-refractivity contribution in [2.75, 3.05) is 10.0 Å². The van der Waals surface area contributed by atoms with Crippen LogP contribution in [0.5, 0.6) is 0 Å². The van der Waals surface area contributed by atoms with Crippen molar-refractivity contribution in [2.45, 2.75) is 24.3 Å². The number of benzene rings is 3. The fraction of sp³-hybridized carbons (Fsp3) is 0.125. The molecule has 1 aliphatic heterocycles. The van der Waals surface area contributed by atoms with Crippen molar-refractivity contribution in [3.8, 4) is 0 Å². The topological polar surface area (TPSA) is 133 Å². The lowest BCUT2D eigenvalue weighted by Crippen LogP contribution is -2.40. The molecule has 9 nitrogen and oxygen atoms in total. The predicted molar refractivity (Wildman–Crippen MR) is 127 cm³/mol. The van der Waals surface area contributed by atoms with E-state index in [9.17, 15) is 27.2 Å². The third kappa shape index (κ3) is 4.85. The van der Waals surface area contributed by atoms with Crippen molar-refractivity contribution in [3.05, 3.63) is 89.2 Å². The van der Waals surface area contributed by atoms with E-state index in [1.54, 1.807) is 31.2 Å². The quantitative estimate of drug-likeness (QED) is 0.389. The van der Waals surface area contributed by atoms with Crippen molar-refractivity contribution in [2.24, 2.45) is 0 Å². The summed E-state index contributed by atoms with van der Waals surface area (Å²) in [5.74, 6) is -1.40. The summed E-state index contributed by atoms with van der Waals surface area (Å²) in [6.07, 6.45) is 0. The molecule has 0 saturated carbocycles. The molecule has 1 atom stereocenters. The fourth-order valence-electron chi connectivity index (χ4n) is 3.52. The van der Waals surface area contributed by atoms with Crippen LogP contribution in [0.4, 0.5) is 20.6 Å². The third-order valence-corrected chi connectivity index (χ3v) is 6.98. The van der Waals surface area contributed by atoms with Crippen LogP contribution in [0.15, 0.2) is 71.6 Å². The summed E-state index contributed by atoms with van der Waals surface area (Å²) in [6.45, 7) is 3.05. The molecule has 0 aliphatic carbocycles. The zero-order valence-corrected chi connectivity index (χ0v) is 19.5. The van der Waals surface area contributed by atoms with E-state index in [0.717, 1.165) is 6.07 Å². The Bertz CT molecular complexity index is 1440. The first-order chi connectivity index (χ1) is 16.5. The minimum Gasteiger partial charge on any atom is -0.322 e. The van der Waals surface area contributed by atoms with Crippen LogP contribution in [0, 0.1) is 12.7 Å². The van der Waals surface area contributed by atoms with E-state index in [-0.39, 0.29) is 21.7 Å². The Balaban J connectivity index is 1.42. The zero-order chi connectivity index (χ0) is 25.4. The number of hydrogen-bond donors (Lipinski definition) is 4. The minimum atomic E-state index is -3.93. The van der Waals surface area contributed by atoms with Gasteiger partial charge in [-0.05, 0) is 79.6 Å². The molecule has 1 saturated heterocycles. The number of anilines is 2. The van der Waals surface area contributed by atoms with Crippen molar-refractivity contribution >= 4 is 39.2 Å². The van der Waals surface area contributed by atoms with Crippen LogP contribution >= 0.6 is 0 Å². The van der Waals surface area contributed by atoms with Crippen molar-refractivity contribution < 1.29 is 27.2 Å². The molecule has 1 unspecified atom stereocenters. The number of hydrogen-bond acceptors (Lipinski definition) is 5. The zero-order valence-electron chi connectivity index (χ0n) is 18.7. The minimum absolute atomic E-state index is 0.0785. The lowest BCUT2D eigenvalue weighted by atomic mass is 9.92. The number of amides is 4. The lowest BCUT2D eigenvalue weighted by Gasteiger charge is -2.21. The third-order valence-electron chi connectivity index (χ3n) is 5.60. The lowest BCUT2D eigenvalue weighted by molar-refractivity contribution is -0.123. The molecule has 0 radical (unpaired) electrons. The van der Waals surface area contributed by atoms with Gasteiger partial charge >= 0.3 is 6.03 Å². The summed E-state index contributed by atoms with van der Waals surface area (Å²) in [5, 5.41) is 7.47. The first kappa shape index (κ1) is 23.9. The molecule has 1 heterocycles. The summed E-state index contributed by atoms with van der Waals surface area (Å²) >= 11 is 0. The molecular weight excluding hydrogens is 475 g/mol. The molecule has 3 aromatic carbocycles. The second-order valence-electron chi connectivity index (χ2n) is 8.16. The Morgan fingerprint density at radius 2 is 1.57 bits per heavy atom. The number of carbonyl (C=O) groups excluding carboxylic acids is 3. The van der Waals surface area contributed by atoms with Gasteiger partial charge in [-0.2, -0.15) is 0 Å². The molecule has 0 aromatic heterocycles. The number of carbonyl (C=O) groups is 3.